The lowest BCUT2D eigenvalue weighted by Crippen LogP contribution is -2.04. The van der Waals surface area contributed by atoms with Crippen LogP contribution in [0.2, 0.25) is 0 Å². The summed E-state index contributed by atoms with van der Waals surface area (Å²) in [5.74, 6) is 0.711. The Morgan fingerprint density at radius 2 is 2.38 bits per heavy atom. The van der Waals surface area contributed by atoms with E-state index in [4.69, 9.17) is 5.73 Å². The average Bonchev–Trinajstić information content (AvgIpc) is 2.33. The number of nitrogens with two attached hydrogens (primary N) is 1. The highest BCUT2D eigenvalue weighted by Crippen LogP contribution is 2.25. The lowest BCUT2D eigenvalue weighted by Gasteiger charge is -1.94. The van der Waals surface area contributed by atoms with E-state index in [1.54, 1.807) is 6.20 Å². The summed E-state index contributed by atoms with van der Waals surface area (Å²) in [5.41, 5.74) is 5.46. The molecule has 0 aromatic carbocycles. The van der Waals surface area contributed by atoms with Crippen LogP contribution in [-0.4, -0.2) is 31.2 Å². The minimum absolute atomic E-state index is 0.178. The van der Waals surface area contributed by atoms with Gasteiger partial charge in [0.1, 0.15) is 14.8 Å². The minimum Gasteiger partial charge on any atom is -0.389 e. The maximum atomic E-state index is 10.8. The highest BCUT2D eigenvalue weighted by atomic mass is 32.2. The van der Waals surface area contributed by atoms with Gasteiger partial charge >= 0.3 is 0 Å². The number of sulfone groups is 1. The van der Waals surface area contributed by atoms with Crippen molar-refractivity contribution in [3.63, 3.8) is 0 Å². The van der Waals surface area contributed by atoms with E-state index in [0.717, 1.165) is 4.34 Å². The van der Waals surface area contributed by atoms with Crippen LogP contribution in [0.3, 0.4) is 0 Å². The Morgan fingerprint density at radius 1 is 1.69 bits per heavy atom. The topological polar surface area (TPSA) is 73.0 Å². The van der Waals surface area contributed by atoms with Gasteiger partial charge in [0.15, 0.2) is 4.34 Å². The Morgan fingerprint density at radius 3 is 2.85 bits per heavy atom. The number of thiazole rings is 1. The van der Waals surface area contributed by atoms with Crippen LogP contribution in [0.5, 0.6) is 0 Å². The van der Waals surface area contributed by atoms with Crippen LogP contribution in [0.25, 0.3) is 0 Å². The Kier molecular flexibility index (Phi) is 3.57. The number of hydrogen-bond acceptors (Lipinski definition) is 6. The van der Waals surface area contributed by atoms with Gasteiger partial charge in [-0.25, -0.2) is 13.4 Å². The summed E-state index contributed by atoms with van der Waals surface area (Å²) in [6.07, 6.45) is 2.80. The lowest BCUT2D eigenvalue weighted by atomic mass is 10.9. The first kappa shape index (κ1) is 10.8. The highest BCUT2D eigenvalue weighted by Gasteiger charge is 2.04. The Hall–Kier alpha value is -0.270. The molecule has 1 heterocycles. The van der Waals surface area contributed by atoms with Crippen LogP contribution in [0.4, 0.5) is 5.00 Å². The maximum Gasteiger partial charge on any atom is 0.151 e. The van der Waals surface area contributed by atoms with Gasteiger partial charge in [0.25, 0.3) is 0 Å². The molecule has 0 bridgehead atoms. The fourth-order valence-corrected chi connectivity index (χ4v) is 3.65. The van der Waals surface area contributed by atoms with Crippen LogP contribution in [0.15, 0.2) is 10.5 Å². The molecule has 13 heavy (non-hydrogen) atoms. The minimum atomic E-state index is -2.86. The molecule has 0 aliphatic carbocycles. The molecule has 0 radical (unpaired) electrons. The molecule has 0 saturated carbocycles. The Labute approximate surface area is 85.5 Å². The summed E-state index contributed by atoms with van der Waals surface area (Å²) < 4.78 is 22.4. The van der Waals surface area contributed by atoms with Crippen molar-refractivity contribution in [2.24, 2.45) is 0 Å². The molecule has 1 aromatic heterocycles. The number of anilines is 1. The quantitative estimate of drug-likeness (QED) is 0.788. The standard InChI is InChI=1S/C6H10N2O2S3/c1-13(9,10)3-2-11-6-8-4-5(7)12-6/h4H,2-3,7H2,1H3. The molecule has 0 amide bonds. The molecule has 1 rings (SSSR count). The summed E-state index contributed by atoms with van der Waals surface area (Å²) in [6, 6.07) is 0. The molecule has 0 fully saturated rings. The van der Waals surface area contributed by atoms with E-state index in [1.165, 1.54) is 29.4 Å². The fraction of sp³-hybridized carbons (Fsp3) is 0.500. The lowest BCUT2D eigenvalue weighted by molar-refractivity contribution is 0.603. The van der Waals surface area contributed by atoms with Gasteiger partial charge in [-0.05, 0) is 0 Å². The van der Waals surface area contributed by atoms with E-state index in [-0.39, 0.29) is 5.75 Å². The van der Waals surface area contributed by atoms with E-state index in [0.29, 0.717) is 10.8 Å². The van der Waals surface area contributed by atoms with E-state index in [9.17, 15) is 8.42 Å². The zero-order chi connectivity index (χ0) is 9.90. The predicted octanol–water partition coefficient (Wildman–Crippen LogP) is 0.862. The summed E-state index contributed by atoms with van der Waals surface area (Å²) in [4.78, 5) is 4.00. The van der Waals surface area contributed by atoms with Crippen molar-refractivity contribution in [3.8, 4) is 0 Å². The SMILES string of the molecule is CS(=O)(=O)CCSc1ncc(N)s1. The molecule has 0 saturated heterocycles. The van der Waals surface area contributed by atoms with E-state index in [2.05, 4.69) is 4.98 Å². The smallest absolute Gasteiger partial charge is 0.151 e. The molecule has 4 nitrogen and oxygen atoms in total. The van der Waals surface area contributed by atoms with Gasteiger partial charge in [0.2, 0.25) is 0 Å². The summed E-state index contributed by atoms with van der Waals surface area (Å²) in [6.45, 7) is 0. The largest absolute Gasteiger partial charge is 0.389 e. The van der Waals surface area contributed by atoms with Crippen molar-refractivity contribution in [3.05, 3.63) is 6.20 Å². The molecule has 7 heteroatoms. The third-order valence-electron chi connectivity index (χ3n) is 1.18. The zero-order valence-corrected chi connectivity index (χ0v) is 9.51. The van der Waals surface area contributed by atoms with Gasteiger partial charge in [-0.1, -0.05) is 23.1 Å². The normalized spacial score (nSPS) is 11.8. The first-order valence-electron chi connectivity index (χ1n) is 3.49. The summed E-state index contributed by atoms with van der Waals surface area (Å²) in [5, 5.41) is 0.654. The van der Waals surface area contributed by atoms with Gasteiger partial charge in [0.05, 0.1) is 11.9 Å². The second kappa shape index (κ2) is 4.30. The number of rotatable bonds is 4. The van der Waals surface area contributed by atoms with Crippen molar-refractivity contribution < 1.29 is 8.42 Å². The zero-order valence-electron chi connectivity index (χ0n) is 7.06. The third kappa shape index (κ3) is 4.49. The van der Waals surface area contributed by atoms with Crippen LogP contribution in [0, 0.1) is 0 Å². The van der Waals surface area contributed by atoms with Crippen LogP contribution >= 0.6 is 23.1 Å². The van der Waals surface area contributed by atoms with Crippen molar-refractivity contribution in [1.82, 2.24) is 4.98 Å². The first-order valence-corrected chi connectivity index (χ1v) is 7.35. The second-order valence-electron chi connectivity index (χ2n) is 2.51. The molecule has 2 N–H and O–H groups in total. The number of thioether (sulfide) groups is 1. The van der Waals surface area contributed by atoms with E-state index in [1.807, 2.05) is 0 Å². The summed E-state index contributed by atoms with van der Waals surface area (Å²) >= 11 is 2.79. The molecule has 0 aliphatic heterocycles. The second-order valence-corrected chi connectivity index (χ2v) is 7.17. The molecule has 0 unspecified atom stereocenters. The Balaban J connectivity index is 2.36. The predicted molar refractivity (Wildman–Crippen MR) is 57.0 cm³/mol. The van der Waals surface area contributed by atoms with Gasteiger partial charge in [0, 0.05) is 12.0 Å². The fourth-order valence-electron chi connectivity index (χ4n) is 0.617. The highest BCUT2D eigenvalue weighted by molar-refractivity contribution is 8.02. The number of nitrogen functional groups attached to an aromatic ring is 1. The van der Waals surface area contributed by atoms with Crippen LogP contribution in [-0.2, 0) is 9.84 Å². The molecule has 0 atom stereocenters. The van der Waals surface area contributed by atoms with Crippen LogP contribution in [0.1, 0.15) is 0 Å². The molecule has 0 aliphatic rings. The van der Waals surface area contributed by atoms with Crippen molar-refractivity contribution in [2.45, 2.75) is 4.34 Å². The van der Waals surface area contributed by atoms with Gasteiger partial charge in [-0.3, -0.25) is 0 Å². The number of hydrogen-bond donors (Lipinski definition) is 1. The average molecular weight is 238 g/mol. The van der Waals surface area contributed by atoms with Gasteiger partial charge in [-0.2, -0.15) is 0 Å². The van der Waals surface area contributed by atoms with Crippen molar-refractivity contribution >= 4 is 37.9 Å². The number of aromatic nitrogens is 1. The molecular formula is C6H10N2O2S3. The summed E-state index contributed by atoms with van der Waals surface area (Å²) in [7, 11) is -2.86. The van der Waals surface area contributed by atoms with Crippen LogP contribution < -0.4 is 5.73 Å². The van der Waals surface area contributed by atoms with Gasteiger partial charge < -0.3 is 5.73 Å². The van der Waals surface area contributed by atoms with Crippen molar-refractivity contribution in [1.29, 1.82) is 0 Å². The molecule has 0 spiro atoms. The van der Waals surface area contributed by atoms with E-state index < -0.39 is 9.84 Å². The van der Waals surface area contributed by atoms with Crippen molar-refractivity contribution in [2.75, 3.05) is 23.5 Å². The Bertz CT molecular complexity index is 371. The van der Waals surface area contributed by atoms with E-state index >= 15 is 0 Å². The first-order chi connectivity index (χ1) is 5.97. The van der Waals surface area contributed by atoms with Gasteiger partial charge in [-0.15, -0.1) is 0 Å². The molecule has 1 aromatic rings. The molecule has 74 valence electrons. The maximum absolute atomic E-state index is 10.8. The molecular weight excluding hydrogens is 228 g/mol. The number of nitrogens with zero attached hydrogens (tertiary/aromatic N) is 1. The monoisotopic (exact) mass is 238 g/mol. The third-order valence-corrected chi connectivity index (χ3v) is 4.37.